The molecule has 0 saturated carbocycles. The van der Waals surface area contributed by atoms with Crippen molar-refractivity contribution in [2.24, 2.45) is 0 Å². The summed E-state index contributed by atoms with van der Waals surface area (Å²) < 4.78 is 26.9. The predicted molar refractivity (Wildman–Crippen MR) is 98.5 cm³/mol. The van der Waals surface area contributed by atoms with Gasteiger partial charge in [0.05, 0.1) is 17.7 Å². The fraction of sp³-hybridized carbons (Fsp3) is 0.588. The smallest absolute Gasteiger partial charge is 0.244 e. The number of benzene rings is 1. The number of nitrogens with zero attached hydrogens (tertiary/aromatic N) is 3. The summed E-state index contributed by atoms with van der Waals surface area (Å²) in [5.74, 6) is -0.0195. The van der Waals surface area contributed by atoms with Crippen LogP contribution in [-0.4, -0.2) is 85.5 Å². The first-order valence-corrected chi connectivity index (χ1v) is 10.6. The minimum absolute atomic E-state index is 0.0195. The lowest BCUT2D eigenvalue weighted by Gasteiger charge is -2.36. The number of carbonyl (C=O) groups excluding carboxylic acids is 1. The molecule has 1 aromatic rings. The van der Waals surface area contributed by atoms with Gasteiger partial charge in [-0.1, -0.05) is 23.7 Å². The Morgan fingerprint density at radius 1 is 1.15 bits per heavy atom. The van der Waals surface area contributed by atoms with Crippen molar-refractivity contribution >= 4 is 27.5 Å². The maximum absolute atomic E-state index is 12.7. The summed E-state index contributed by atoms with van der Waals surface area (Å²) in [6, 6.07) is 6.39. The molecule has 7 nitrogen and oxygen atoms in total. The van der Waals surface area contributed by atoms with Crippen LogP contribution in [0, 0.1) is 0 Å². The van der Waals surface area contributed by atoms with Gasteiger partial charge in [-0.2, -0.15) is 4.31 Å². The highest BCUT2D eigenvalue weighted by atomic mass is 35.5. The lowest BCUT2D eigenvalue weighted by atomic mass is 10.1. The molecule has 3 rings (SSSR count). The van der Waals surface area contributed by atoms with Gasteiger partial charge in [-0.3, -0.25) is 9.69 Å². The number of piperidine rings is 1. The Morgan fingerprint density at radius 3 is 2.50 bits per heavy atom. The largest absolute Gasteiger partial charge is 0.392 e. The Kier molecular flexibility index (Phi) is 6.19. The summed E-state index contributed by atoms with van der Waals surface area (Å²) in [5.41, 5.74) is 0. The lowest BCUT2D eigenvalue weighted by Crippen LogP contribution is -2.53. The molecule has 1 N–H and O–H groups in total. The van der Waals surface area contributed by atoms with Crippen molar-refractivity contribution in [3.63, 3.8) is 0 Å². The number of hydrogen-bond acceptors (Lipinski definition) is 5. The number of hydrogen-bond donors (Lipinski definition) is 1. The molecule has 2 aliphatic heterocycles. The lowest BCUT2D eigenvalue weighted by molar-refractivity contribution is -0.134. The first-order chi connectivity index (χ1) is 12.4. The molecule has 2 saturated heterocycles. The molecule has 1 aromatic carbocycles. The van der Waals surface area contributed by atoms with E-state index >= 15 is 0 Å². The van der Waals surface area contributed by atoms with Gasteiger partial charge in [-0.05, 0) is 31.5 Å². The van der Waals surface area contributed by atoms with Crippen LogP contribution in [0.5, 0.6) is 0 Å². The summed E-state index contributed by atoms with van der Waals surface area (Å²) >= 11 is 6.03. The van der Waals surface area contributed by atoms with Gasteiger partial charge in [0.25, 0.3) is 0 Å². The van der Waals surface area contributed by atoms with Crippen molar-refractivity contribution in [2.75, 3.05) is 45.8 Å². The fourth-order valence-corrected chi connectivity index (χ4v) is 5.35. The molecule has 2 fully saturated rings. The zero-order chi connectivity index (χ0) is 18.7. The summed E-state index contributed by atoms with van der Waals surface area (Å²) in [6.45, 7) is 2.83. The molecule has 144 valence electrons. The van der Waals surface area contributed by atoms with Gasteiger partial charge in [0, 0.05) is 32.7 Å². The minimum Gasteiger partial charge on any atom is -0.392 e. The van der Waals surface area contributed by atoms with Crippen molar-refractivity contribution in [3.8, 4) is 0 Å². The second kappa shape index (κ2) is 8.22. The van der Waals surface area contributed by atoms with Crippen molar-refractivity contribution in [1.82, 2.24) is 14.1 Å². The van der Waals surface area contributed by atoms with E-state index in [1.54, 1.807) is 23.1 Å². The molecule has 2 aliphatic rings. The van der Waals surface area contributed by atoms with E-state index < -0.39 is 10.0 Å². The zero-order valence-corrected chi connectivity index (χ0v) is 16.1. The van der Waals surface area contributed by atoms with Gasteiger partial charge < -0.3 is 10.0 Å². The van der Waals surface area contributed by atoms with Crippen LogP contribution in [0.4, 0.5) is 0 Å². The molecular weight excluding hydrogens is 378 g/mol. The van der Waals surface area contributed by atoms with E-state index in [0.717, 1.165) is 19.4 Å². The molecule has 26 heavy (non-hydrogen) atoms. The first-order valence-electron chi connectivity index (χ1n) is 8.81. The number of likely N-dealkylation sites (tertiary alicyclic amines) is 1. The van der Waals surface area contributed by atoms with Crippen molar-refractivity contribution in [3.05, 3.63) is 29.3 Å². The number of aliphatic hydroxyl groups excluding tert-OH is 1. The number of β-amino-alcohol motifs (C(OH)–C–C–N with tert-alkyl or cyclic N) is 1. The number of aliphatic hydroxyl groups is 1. The highest BCUT2D eigenvalue weighted by Gasteiger charge is 2.32. The normalized spacial score (nSPS) is 23.2. The molecule has 0 aromatic heterocycles. The quantitative estimate of drug-likeness (QED) is 0.800. The number of rotatable bonds is 4. The second-order valence-corrected chi connectivity index (χ2v) is 9.06. The Hall–Kier alpha value is -1.19. The summed E-state index contributed by atoms with van der Waals surface area (Å²) in [6.07, 6.45) is 1.30. The van der Waals surface area contributed by atoms with Crippen LogP contribution in [0.15, 0.2) is 29.2 Å². The number of halogens is 1. The van der Waals surface area contributed by atoms with Gasteiger partial charge in [0.2, 0.25) is 15.9 Å². The highest BCUT2D eigenvalue weighted by molar-refractivity contribution is 7.89. The topological polar surface area (TPSA) is 81.2 Å². The molecule has 2 heterocycles. The third kappa shape index (κ3) is 4.37. The van der Waals surface area contributed by atoms with E-state index in [0.29, 0.717) is 19.6 Å². The van der Waals surface area contributed by atoms with Crippen LogP contribution >= 0.6 is 11.6 Å². The van der Waals surface area contributed by atoms with Gasteiger partial charge in [0.15, 0.2) is 0 Å². The van der Waals surface area contributed by atoms with E-state index in [4.69, 9.17) is 11.6 Å². The minimum atomic E-state index is -3.66. The van der Waals surface area contributed by atoms with Crippen LogP contribution in [0.1, 0.15) is 12.8 Å². The number of sulfonamides is 1. The average Bonchev–Trinajstić information content (AvgIpc) is 2.62. The van der Waals surface area contributed by atoms with E-state index in [1.807, 2.05) is 4.90 Å². The number of carbonyl (C=O) groups is 1. The van der Waals surface area contributed by atoms with Crippen LogP contribution in [0.2, 0.25) is 5.02 Å². The maximum Gasteiger partial charge on any atom is 0.244 e. The third-order valence-corrected chi connectivity index (χ3v) is 7.28. The van der Waals surface area contributed by atoms with Crippen LogP contribution in [0.25, 0.3) is 0 Å². The van der Waals surface area contributed by atoms with Crippen LogP contribution in [0.3, 0.4) is 0 Å². The van der Waals surface area contributed by atoms with Gasteiger partial charge >= 0.3 is 0 Å². The predicted octanol–water partition coefficient (Wildman–Crippen LogP) is 0.630. The molecular formula is C17H24ClN3O4S. The summed E-state index contributed by atoms with van der Waals surface area (Å²) in [7, 11) is -3.66. The SMILES string of the molecule is O=C(CN1CCCC(O)C1)N1CCN(S(=O)(=O)c2ccccc2Cl)CC1. The standard InChI is InChI=1S/C17H24ClN3O4S/c18-15-5-1-2-6-16(15)26(24,25)21-10-8-20(9-11-21)17(23)13-19-7-3-4-14(22)12-19/h1-2,5-6,14,22H,3-4,7-13H2. The van der Waals surface area contributed by atoms with Gasteiger partial charge in [0.1, 0.15) is 4.90 Å². The monoisotopic (exact) mass is 401 g/mol. The number of amides is 1. The van der Waals surface area contributed by atoms with E-state index in [-0.39, 0.29) is 41.6 Å². The molecule has 1 atom stereocenters. The zero-order valence-electron chi connectivity index (χ0n) is 14.6. The second-order valence-electron chi connectivity index (χ2n) is 6.75. The maximum atomic E-state index is 12.7. The van der Waals surface area contributed by atoms with E-state index in [1.165, 1.54) is 10.4 Å². The molecule has 1 amide bonds. The first kappa shape index (κ1) is 19.6. The van der Waals surface area contributed by atoms with Crippen LogP contribution in [-0.2, 0) is 14.8 Å². The number of piperazine rings is 1. The van der Waals surface area contributed by atoms with Gasteiger partial charge in [-0.15, -0.1) is 0 Å². The van der Waals surface area contributed by atoms with E-state index in [2.05, 4.69) is 0 Å². The summed E-state index contributed by atoms with van der Waals surface area (Å²) in [5, 5.41) is 9.91. The van der Waals surface area contributed by atoms with Crippen molar-refractivity contribution < 1.29 is 18.3 Å². The molecule has 9 heteroatoms. The van der Waals surface area contributed by atoms with Gasteiger partial charge in [-0.25, -0.2) is 8.42 Å². The molecule has 1 unspecified atom stereocenters. The molecule has 0 aliphatic carbocycles. The average molecular weight is 402 g/mol. The Bertz CT molecular complexity index is 750. The van der Waals surface area contributed by atoms with Crippen molar-refractivity contribution in [1.29, 1.82) is 0 Å². The fourth-order valence-electron chi connectivity index (χ4n) is 3.44. The Morgan fingerprint density at radius 2 is 1.85 bits per heavy atom. The molecule has 0 radical (unpaired) electrons. The molecule has 0 bridgehead atoms. The summed E-state index contributed by atoms with van der Waals surface area (Å²) in [4.78, 5) is 16.2. The van der Waals surface area contributed by atoms with Crippen molar-refractivity contribution in [2.45, 2.75) is 23.8 Å². The van der Waals surface area contributed by atoms with Crippen LogP contribution < -0.4 is 0 Å². The highest BCUT2D eigenvalue weighted by Crippen LogP contribution is 2.25. The molecule has 0 spiro atoms. The Balaban J connectivity index is 1.57. The third-order valence-electron chi connectivity index (χ3n) is 4.89. The van der Waals surface area contributed by atoms with E-state index in [9.17, 15) is 18.3 Å². The Labute approximate surface area is 159 Å².